The van der Waals surface area contributed by atoms with Crippen LogP contribution in [0.25, 0.3) is 5.69 Å². The van der Waals surface area contributed by atoms with Gasteiger partial charge in [0.25, 0.3) is 5.56 Å². The van der Waals surface area contributed by atoms with Gasteiger partial charge in [-0.1, -0.05) is 72.8 Å². The number of carbonyl (C=O) groups is 1. The molecule has 36 heavy (non-hydrogen) atoms. The second-order valence-corrected chi connectivity index (χ2v) is 7.96. The molecule has 0 bridgehead atoms. The topological polar surface area (TPSA) is 120 Å². The van der Waals surface area contributed by atoms with Crippen LogP contribution in [0.2, 0.25) is 0 Å². The minimum Gasteiger partial charge on any atom is -0.437 e. The first-order chi connectivity index (χ1) is 17.4. The molecule has 182 valence electrons. The molecule has 0 atom stereocenters. The van der Waals surface area contributed by atoms with E-state index in [1.165, 1.54) is 16.7 Å². The fourth-order valence-electron chi connectivity index (χ4n) is 3.79. The van der Waals surface area contributed by atoms with Crippen molar-refractivity contribution >= 4 is 18.7 Å². The summed E-state index contributed by atoms with van der Waals surface area (Å²) >= 11 is 0. The standard InChI is InChI=1S/C26H23BN2O7/c1-35-26(32)36-24-22(16-18-12-14-20(15-13-18)27(33)34)23(30)29(21-10-6-3-7-11-21)25(31)28(24)17-19-8-4-2-5-9-19/h2-15,33-34H,16-17H2,1H3. The highest BCUT2D eigenvalue weighted by Gasteiger charge is 2.24. The number of ether oxygens (including phenoxy) is 2. The van der Waals surface area contributed by atoms with Crippen molar-refractivity contribution in [2.24, 2.45) is 0 Å². The van der Waals surface area contributed by atoms with Crippen LogP contribution in [0.5, 0.6) is 5.88 Å². The Morgan fingerprint density at radius 2 is 1.47 bits per heavy atom. The zero-order valence-electron chi connectivity index (χ0n) is 19.4. The number of rotatable bonds is 7. The van der Waals surface area contributed by atoms with Crippen LogP contribution in [0, 0.1) is 0 Å². The van der Waals surface area contributed by atoms with Crippen molar-refractivity contribution in [2.75, 3.05) is 7.11 Å². The van der Waals surface area contributed by atoms with Crippen molar-refractivity contribution in [3.05, 3.63) is 122 Å². The molecule has 0 aliphatic carbocycles. The van der Waals surface area contributed by atoms with Crippen molar-refractivity contribution < 1.29 is 24.3 Å². The first-order valence-electron chi connectivity index (χ1n) is 11.1. The van der Waals surface area contributed by atoms with Gasteiger partial charge in [0.05, 0.1) is 24.9 Å². The molecular weight excluding hydrogens is 463 g/mol. The summed E-state index contributed by atoms with van der Waals surface area (Å²) in [6.07, 6.45) is -1.08. The second-order valence-electron chi connectivity index (χ2n) is 7.96. The van der Waals surface area contributed by atoms with E-state index in [4.69, 9.17) is 4.74 Å². The van der Waals surface area contributed by atoms with Crippen LogP contribution in [-0.4, -0.2) is 39.6 Å². The summed E-state index contributed by atoms with van der Waals surface area (Å²) in [5.41, 5.74) is 0.726. The van der Waals surface area contributed by atoms with Gasteiger partial charge in [0.1, 0.15) is 0 Å². The lowest BCUT2D eigenvalue weighted by Crippen LogP contribution is -2.42. The maximum atomic E-state index is 13.7. The van der Waals surface area contributed by atoms with Gasteiger partial charge in [-0.05, 0) is 28.7 Å². The molecule has 0 radical (unpaired) electrons. The number of carbonyl (C=O) groups excluding carboxylic acids is 1. The third-order valence-corrected chi connectivity index (χ3v) is 5.59. The monoisotopic (exact) mass is 486 g/mol. The molecule has 0 amide bonds. The molecule has 4 aromatic rings. The molecule has 10 heteroatoms. The molecule has 0 aliphatic heterocycles. The van der Waals surface area contributed by atoms with E-state index in [0.29, 0.717) is 11.3 Å². The summed E-state index contributed by atoms with van der Waals surface area (Å²) in [5, 5.41) is 18.8. The lowest BCUT2D eigenvalue weighted by molar-refractivity contribution is 0.117. The average Bonchev–Trinajstić information content (AvgIpc) is 2.90. The number of hydrogen-bond acceptors (Lipinski definition) is 7. The van der Waals surface area contributed by atoms with Gasteiger partial charge < -0.3 is 19.5 Å². The number of methoxy groups -OCH3 is 1. The van der Waals surface area contributed by atoms with E-state index in [0.717, 1.165) is 17.2 Å². The van der Waals surface area contributed by atoms with Crippen LogP contribution >= 0.6 is 0 Å². The Labute approximate surface area is 206 Å². The molecule has 3 aromatic carbocycles. The van der Waals surface area contributed by atoms with Crippen molar-refractivity contribution in [2.45, 2.75) is 13.0 Å². The van der Waals surface area contributed by atoms with Crippen LogP contribution in [0.3, 0.4) is 0 Å². The van der Waals surface area contributed by atoms with Crippen LogP contribution in [0.1, 0.15) is 16.7 Å². The summed E-state index contributed by atoms with van der Waals surface area (Å²) in [4.78, 5) is 39.5. The predicted molar refractivity (Wildman–Crippen MR) is 134 cm³/mol. The molecule has 1 aromatic heterocycles. The molecule has 9 nitrogen and oxygen atoms in total. The van der Waals surface area contributed by atoms with Crippen LogP contribution < -0.4 is 21.4 Å². The second kappa shape index (κ2) is 10.9. The predicted octanol–water partition coefficient (Wildman–Crippen LogP) is 1.46. The van der Waals surface area contributed by atoms with Gasteiger partial charge >= 0.3 is 19.0 Å². The average molecular weight is 486 g/mol. The fraction of sp³-hybridized carbons (Fsp3) is 0.115. The fourth-order valence-corrected chi connectivity index (χ4v) is 3.79. The minimum absolute atomic E-state index is 0.00509. The summed E-state index contributed by atoms with van der Waals surface area (Å²) in [5.74, 6) is -0.223. The molecule has 0 saturated heterocycles. The van der Waals surface area contributed by atoms with Crippen molar-refractivity contribution in [1.82, 2.24) is 9.13 Å². The molecule has 0 spiro atoms. The Bertz CT molecular complexity index is 1460. The van der Waals surface area contributed by atoms with Gasteiger partial charge in [0, 0.05) is 6.42 Å². The summed E-state index contributed by atoms with van der Waals surface area (Å²) in [7, 11) is -0.508. The minimum atomic E-state index is -1.64. The van der Waals surface area contributed by atoms with Gasteiger partial charge in [0.15, 0.2) is 0 Å². The van der Waals surface area contributed by atoms with E-state index in [1.54, 1.807) is 42.5 Å². The maximum absolute atomic E-state index is 13.7. The van der Waals surface area contributed by atoms with Crippen molar-refractivity contribution in [3.8, 4) is 11.6 Å². The molecule has 0 unspecified atom stereocenters. The van der Waals surface area contributed by atoms with E-state index >= 15 is 0 Å². The van der Waals surface area contributed by atoms with Crippen LogP contribution in [-0.2, 0) is 17.7 Å². The highest BCUT2D eigenvalue weighted by atomic mass is 16.7. The first-order valence-corrected chi connectivity index (χ1v) is 11.1. The smallest absolute Gasteiger partial charge is 0.437 e. The lowest BCUT2D eigenvalue weighted by Gasteiger charge is -2.19. The van der Waals surface area contributed by atoms with E-state index < -0.39 is 24.5 Å². The molecule has 0 saturated carbocycles. The summed E-state index contributed by atoms with van der Waals surface area (Å²) in [6, 6.07) is 23.8. The summed E-state index contributed by atoms with van der Waals surface area (Å²) < 4.78 is 12.3. The lowest BCUT2D eigenvalue weighted by atomic mass is 9.80. The van der Waals surface area contributed by atoms with Crippen molar-refractivity contribution in [1.29, 1.82) is 0 Å². The maximum Gasteiger partial charge on any atom is 0.514 e. The van der Waals surface area contributed by atoms with E-state index in [9.17, 15) is 24.4 Å². The number of nitrogens with zero attached hydrogens (tertiary/aromatic N) is 2. The van der Waals surface area contributed by atoms with E-state index in [2.05, 4.69) is 4.74 Å². The van der Waals surface area contributed by atoms with Crippen molar-refractivity contribution in [3.63, 3.8) is 0 Å². The molecular formula is C26H23BN2O7. The highest BCUT2D eigenvalue weighted by molar-refractivity contribution is 6.58. The third-order valence-electron chi connectivity index (χ3n) is 5.59. The van der Waals surface area contributed by atoms with Gasteiger partial charge in [-0.25, -0.2) is 14.2 Å². The van der Waals surface area contributed by atoms with Gasteiger partial charge in [-0.3, -0.25) is 9.36 Å². The Kier molecular flexibility index (Phi) is 7.48. The van der Waals surface area contributed by atoms with Gasteiger partial charge in [0.2, 0.25) is 5.88 Å². The van der Waals surface area contributed by atoms with Gasteiger partial charge in [-0.2, -0.15) is 0 Å². The Balaban J connectivity index is 1.96. The summed E-state index contributed by atoms with van der Waals surface area (Å²) in [6.45, 7) is 0.0295. The first kappa shape index (κ1) is 24.7. The number of hydrogen-bond donors (Lipinski definition) is 2. The quantitative estimate of drug-likeness (QED) is 0.300. The zero-order chi connectivity index (χ0) is 25.7. The molecule has 0 fully saturated rings. The largest absolute Gasteiger partial charge is 0.514 e. The van der Waals surface area contributed by atoms with E-state index in [-0.39, 0.29) is 29.9 Å². The Morgan fingerprint density at radius 1 is 0.861 bits per heavy atom. The number of para-hydroxylation sites is 1. The molecule has 2 N–H and O–H groups in total. The van der Waals surface area contributed by atoms with Gasteiger partial charge in [-0.15, -0.1) is 0 Å². The zero-order valence-corrected chi connectivity index (χ0v) is 19.4. The van der Waals surface area contributed by atoms with Crippen LogP contribution in [0.4, 0.5) is 4.79 Å². The molecule has 1 heterocycles. The third kappa shape index (κ3) is 5.30. The Hall–Kier alpha value is -4.41. The normalized spacial score (nSPS) is 10.6. The SMILES string of the molecule is COC(=O)Oc1c(Cc2ccc(B(O)O)cc2)c(=O)n(-c2ccccc2)c(=O)n1Cc1ccccc1. The number of benzene rings is 3. The van der Waals surface area contributed by atoms with Crippen LogP contribution in [0.15, 0.2) is 94.5 Å². The molecule has 0 aliphatic rings. The highest BCUT2D eigenvalue weighted by Crippen LogP contribution is 2.20. The molecule has 4 rings (SSSR count). The number of aromatic nitrogens is 2. The Morgan fingerprint density at radius 3 is 2.06 bits per heavy atom. The van der Waals surface area contributed by atoms with E-state index in [1.807, 2.05) is 30.3 Å².